The van der Waals surface area contributed by atoms with E-state index in [1.54, 1.807) is 42.6 Å². The second-order valence-corrected chi connectivity index (χ2v) is 7.98. The fraction of sp³-hybridized carbons (Fsp3) is 0.160. The lowest BCUT2D eigenvalue weighted by Crippen LogP contribution is -2.31. The van der Waals surface area contributed by atoms with E-state index in [2.05, 4.69) is 15.6 Å². The number of rotatable bonds is 9. The van der Waals surface area contributed by atoms with Gasteiger partial charge in [-0.2, -0.15) is 0 Å². The maximum absolute atomic E-state index is 12.6. The smallest absolute Gasteiger partial charge is 0.270 e. The summed E-state index contributed by atoms with van der Waals surface area (Å²) >= 11 is 0. The Morgan fingerprint density at radius 2 is 1.78 bits per heavy atom. The minimum atomic E-state index is -0.632. The van der Waals surface area contributed by atoms with Crippen LogP contribution in [0.4, 0.5) is 11.4 Å². The number of carbonyl (C=O) groups is 4. The number of benzene rings is 2. The lowest BCUT2D eigenvalue weighted by Gasteiger charge is -2.14. The molecule has 0 radical (unpaired) electrons. The van der Waals surface area contributed by atoms with Gasteiger partial charge in [-0.15, -0.1) is 0 Å². The van der Waals surface area contributed by atoms with Crippen LogP contribution in [-0.2, 0) is 11.3 Å². The molecule has 1 aromatic heterocycles. The molecule has 11 heteroatoms. The Kier molecular flexibility index (Phi) is 7.10. The molecule has 2 N–H and O–H groups in total. The van der Waals surface area contributed by atoms with Crippen LogP contribution in [0.2, 0.25) is 0 Å². The van der Waals surface area contributed by atoms with Gasteiger partial charge in [0.15, 0.2) is 0 Å². The first-order chi connectivity index (χ1) is 17.3. The number of amides is 4. The van der Waals surface area contributed by atoms with E-state index in [1.165, 1.54) is 18.3 Å². The zero-order valence-electron chi connectivity index (χ0n) is 19.0. The largest absolute Gasteiger partial charge is 0.348 e. The molecule has 0 fully saturated rings. The average Bonchev–Trinajstić information content (AvgIpc) is 3.12. The minimum absolute atomic E-state index is 0.00359. The van der Waals surface area contributed by atoms with Gasteiger partial charge < -0.3 is 10.6 Å². The second-order valence-electron chi connectivity index (χ2n) is 7.98. The third kappa shape index (κ3) is 5.25. The van der Waals surface area contributed by atoms with E-state index in [4.69, 9.17) is 0 Å². The highest BCUT2D eigenvalue weighted by Crippen LogP contribution is 2.27. The molecule has 0 atom stereocenters. The number of aromatic nitrogens is 1. The van der Waals surface area contributed by atoms with Gasteiger partial charge in [0.05, 0.1) is 21.6 Å². The highest BCUT2D eigenvalue weighted by atomic mass is 16.6. The molecule has 0 saturated heterocycles. The number of nitro groups is 1. The molecule has 0 bridgehead atoms. The Morgan fingerprint density at radius 1 is 1.00 bits per heavy atom. The number of carbonyl (C=O) groups excluding carboxylic acids is 4. The third-order valence-corrected chi connectivity index (χ3v) is 5.61. The minimum Gasteiger partial charge on any atom is -0.348 e. The normalized spacial score (nSPS) is 12.3. The second kappa shape index (κ2) is 10.6. The Morgan fingerprint density at radius 3 is 2.53 bits per heavy atom. The maximum Gasteiger partial charge on any atom is 0.270 e. The molecule has 0 spiro atoms. The standard InChI is InChI=1S/C25H21N5O6/c31-22(8-4-12-29-24(33)19-10-9-18(30(35)36)13-20(19)25(29)34)28-21-7-2-1-5-16(21)15-27-23(32)17-6-3-11-26-14-17/h1-3,5-7,9-11,13-14H,4,8,12,15H2,(H,27,32)(H,28,31). The summed E-state index contributed by atoms with van der Waals surface area (Å²) in [4.78, 5) is 65.1. The van der Waals surface area contributed by atoms with Crippen molar-refractivity contribution in [3.63, 3.8) is 0 Å². The van der Waals surface area contributed by atoms with Crippen molar-refractivity contribution < 1.29 is 24.1 Å². The van der Waals surface area contributed by atoms with Crippen LogP contribution < -0.4 is 10.6 Å². The molecular formula is C25H21N5O6. The molecule has 11 nitrogen and oxygen atoms in total. The predicted octanol–water partition coefficient (Wildman–Crippen LogP) is 2.93. The zero-order chi connectivity index (χ0) is 25.7. The molecule has 4 rings (SSSR count). The van der Waals surface area contributed by atoms with Gasteiger partial charge in [-0.05, 0) is 36.2 Å². The van der Waals surface area contributed by atoms with Crippen molar-refractivity contribution >= 4 is 35.0 Å². The highest BCUT2D eigenvalue weighted by Gasteiger charge is 2.36. The molecule has 0 unspecified atom stereocenters. The van der Waals surface area contributed by atoms with Crippen LogP contribution >= 0.6 is 0 Å². The summed E-state index contributed by atoms with van der Waals surface area (Å²) in [6.07, 6.45) is 3.27. The number of para-hydroxylation sites is 1. The van der Waals surface area contributed by atoms with E-state index in [1.807, 2.05) is 0 Å². The number of pyridine rings is 1. The molecular weight excluding hydrogens is 466 g/mol. The van der Waals surface area contributed by atoms with E-state index in [9.17, 15) is 29.3 Å². The quantitative estimate of drug-likeness (QED) is 0.267. The van der Waals surface area contributed by atoms with Crippen molar-refractivity contribution in [2.24, 2.45) is 0 Å². The van der Waals surface area contributed by atoms with Crippen molar-refractivity contribution in [3.05, 3.63) is 99.4 Å². The molecule has 3 aromatic rings. The van der Waals surface area contributed by atoms with Crippen LogP contribution in [0, 0.1) is 10.1 Å². The summed E-state index contributed by atoms with van der Waals surface area (Å²) in [5.41, 5.74) is 1.47. The van der Waals surface area contributed by atoms with Crippen LogP contribution in [0.1, 0.15) is 49.5 Å². The van der Waals surface area contributed by atoms with Gasteiger partial charge in [0.1, 0.15) is 0 Å². The number of nitrogens with one attached hydrogen (secondary N) is 2. The number of hydrogen-bond acceptors (Lipinski definition) is 7. The molecule has 1 aliphatic heterocycles. The van der Waals surface area contributed by atoms with E-state index < -0.39 is 16.7 Å². The third-order valence-electron chi connectivity index (χ3n) is 5.61. The van der Waals surface area contributed by atoms with Crippen LogP contribution in [0.3, 0.4) is 0 Å². The maximum atomic E-state index is 12.6. The van der Waals surface area contributed by atoms with Gasteiger partial charge in [-0.3, -0.25) is 39.2 Å². The summed E-state index contributed by atoms with van der Waals surface area (Å²) in [5.74, 6) is -1.78. The first-order valence-electron chi connectivity index (χ1n) is 11.1. The fourth-order valence-corrected chi connectivity index (χ4v) is 3.78. The Balaban J connectivity index is 1.31. The number of nitro benzene ring substituents is 1. The van der Waals surface area contributed by atoms with Crippen LogP contribution in [0.5, 0.6) is 0 Å². The monoisotopic (exact) mass is 487 g/mol. The lowest BCUT2D eigenvalue weighted by molar-refractivity contribution is -0.384. The lowest BCUT2D eigenvalue weighted by atomic mass is 10.1. The Bertz CT molecular complexity index is 1360. The fourth-order valence-electron chi connectivity index (χ4n) is 3.78. The number of imide groups is 1. The number of anilines is 1. The van der Waals surface area contributed by atoms with Gasteiger partial charge >= 0.3 is 0 Å². The molecule has 2 heterocycles. The molecule has 4 amide bonds. The summed E-state index contributed by atoms with van der Waals surface area (Å²) in [7, 11) is 0. The Labute approximate surface area is 205 Å². The molecule has 36 heavy (non-hydrogen) atoms. The number of fused-ring (bicyclic) bond motifs is 1. The molecule has 0 aliphatic carbocycles. The number of nitrogens with zero attached hydrogens (tertiary/aromatic N) is 3. The number of hydrogen-bond donors (Lipinski definition) is 2. The van der Waals surface area contributed by atoms with Crippen molar-refractivity contribution in [2.75, 3.05) is 11.9 Å². The first kappa shape index (κ1) is 24.2. The average molecular weight is 487 g/mol. The van der Waals surface area contributed by atoms with Gasteiger partial charge in [-0.25, -0.2) is 0 Å². The summed E-state index contributed by atoms with van der Waals surface area (Å²) in [6, 6.07) is 13.9. The molecule has 2 aromatic carbocycles. The van der Waals surface area contributed by atoms with Crippen molar-refractivity contribution in [1.82, 2.24) is 15.2 Å². The van der Waals surface area contributed by atoms with Crippen LogP contribution in [0.15, 0.2) is 67.0 Å². The SMILES string of the molecule is O=C(CCCN1C(=O)c2ccc([N+](=O)[O-])cc2C1=O)Nc1ccccc1CNC(=O)c1cccnc1. The first-order valence-corrected chi connectivity index (χ1v) is 11.1. The van der Waals surface area contributed by atoms with Crippen LogP contribution in [-0.4, -0.2) is 45.0 Å². The predicted molar refractivity (Wildman–Crippen MR) is 128 cm³/mol. The number of non-ortho nitro benzene ring substituents is 1. The zero-order valence-corrected chi connectivity index (χ0v) is 19.0. The highest BCUT2D eigenvalue weighted by molar-refractivity contribution is 6.21. The van der Waals surface area contributed by atoms with Gasteiger partial charge in [0, 0.05) is 49.7 Å². The van der Waals surface area contributed by atoms with E-state index in [0.29, 0.717) is 16.8 Å². The van der Waals surface area contributed by atoms with Crippen molar-refractivity contribution in [2.45, 2.75) is 19.4 Å². The summed E-state index contributed by atoms with van der Waals surface area (Å²) in [6.45, 7) is 0.182. The van der Waals surface area contributed by atoms with Crippen molar-refractivity contribution in [3.8, 4) is 0 Å². The van der Waals surface area contributed by atoms with Gasteiger partial charge in [0.2, 0.25) is 5.91 Å². The summed E-state index contributed by atoms with van der Waals surface area (Å²) < 4.78 is 0. The van der Waals surface area contributed by atoms with E-state index in [-0.39, 0.29) is 54.6 Å². The topological polar surface area (TPSA) is 152 Å². The molecule has 0 saturated carbocycles. The van der Waals surface area contributed by atoms with E-state index in [0.717, 1.165) is 11.0 Å². The molecule has 1 aliphatic rings. The van der Waals surface area contributed by atoms with Gasteiger partial charge in [-0.1, -0.05) is 18.2 Å². The Hall–Kier alpha value is -4.93. The molecule has 182 valence electrons. The van der Waals surface area contributed by atoms with Crippen molar-refractivity contribution in [1.29, 1.82) is 0 Å². The van der Waals surface area contributed by atoms with E-state index >= 15 is 0 Å². The van der Waals surface area contributed by atoms with Gasteiger partial charge in [0.25, 0.3) is 23.4 Å². The summed E-state index contributed by atoms with van der Waals surface area (Å²) in [5, 5.41) is 16.5. The van der Waals surface area contributed by atoms with Crippen LogP contribution in [0.25, 0.3) is 0 Å².